The normalized spacial score (nSPS) is 4.80. The van der Waals surface area contributed by atoms with Gasteiger partial charge in [0.15, 0.2) is 0 Å². The molecular weight excluding hydrogens is 376 g/mol. The van der Waals surface area contributed by atoms with Crippen molar-refractivity contribution in [3.63, 3.8) is 0 Å². The zero-order chi connectivity index (χ0) is 3.58. The van der Waals surface area contributed by atoms with Crippen molar-refractivity contribution < 1.29 is 32.9 Å². The summed E-state index contributed by atoms with van der Waals surface area (Å²) in [6, 6.07) is 0. The van der Waals surface area contributed by atoms with Crippen molar-refractivity contribution in [1.29, 1.82) is 0 Å². The van der Waals surface area contributed by atoms with Gasteiger partial charge in [0.1, 0.15) is 0 Å². The van der Waals surface area contributed by atoms with Gasteiger partial charge < -0.3 is 0 Å². The van der Waals surface area contributed by atoms with Crippen LogP contribution >= 0.6 is 29.5 Å². The summed E-state index contributed by atoms with van der Waals surface area (Å²) in [4.78, 5) is 0. The molecule has 0 aliphatic heterocycles. The molecule has 30 valence electrons. The maximum absolute atomic E-state index is 4.44. The first-order valence-corrected chi connectivity index (χ1v) is 12.3. The van der Waals surface area contributed by atoms with Crippen LogP contribution in [-0.4, -0.2) is 0 Å². The Morgan fingerprint density at radius 1 is 1.00 bits per heavy atom. The van der Waals surface area contributed by atoms with Crippen molar-refractivity contribution in [3.8, 4) is 0 Å². The van der Waals surface area contributed by atoms with Crippen molar-refractivity contribution in [2.45, 2.75) is 0 Å². The molecule has 0 saturated heterocycles. The summed E-state index contributed by atoms with van der Waals surface area (Å²) >= 11 is -1.78. The fourth-order valence-corrected chi connectivity index (χ4v) is 0. The van der Waals surface area contributed by atoms with Gasteiger partial charge in [-0.1, -0.05) is 0 Å². The molecule has 5 heavy (non-hydrogen) atoms. The van der Waals surface area contributed by atoms with Crippen LogP contribution in [0.5, 0.6) is 0 Å². The van der Waals surface area contributed by atoms with Gasteiger partial charge >= 0.3 is 41.3 Å². The van der Waals surface area contributed by atoms with Gasteiger partial charge in [0.05, 0.1) is 0 Å². The SMILES string of the molecule is [Mo].[S]=[W](=[S])=[S]. The molecule has 0 atom stereocenters. The average molecular weight is 376 g/mol. The van der Waals surface area contributed by atoms with Crippen LogP contribution in [0.2, 0.25) is 0 Å². The quantitative estimate of drug-likeness (QED) is 0.594. The first-order chi connectivity index (χ1) is 1.73. The summed E-state index contributed by atoms with van der Waals surface area (Å²) < 4.78 is 0. The van der Waals surface area contributed by atoms with E-state index in [9.17, 15) is 0 Å². The Balaban J connectivity index is 0. The summed E-state index contributed by atoms with van der Waals surface area (Å²) in [5.41, 5.74) is 0. The third kappa shape index (κ3) is 23.7. The van der Waals surface area contributed by atoms with Gasteiger partial charge in [0.25, 0.3) is 0 Å². The van der Waals surface area contributed by atoms with E-state index in [4.69, 9.17) is 0 Å². The van der Waals surface area contributed by atoms with E-state index in [1.54, 1.807) is 0 Å². The fraction of sp³-hybridized carbons (Fsp3) is 0. The van der Waals surface area contributed by atoms with Gasteiger partial charge in [-0.05, 0) is 0 Å². The monoisotopic (exact) mass is 378 g/mol. The molecule has 0 rings (SSSR count). The predicted octanol–water partition coefficient (Wildman–Crippen LogP) is 1.94. The Labute approximate surface area is 61.5 Å². The van der Waals surface area contributed by atoms with Crippen LogP contribution in [-0.2, 0) is 32.9 Å². The minimum absolute atomic E-state index is 0. The van der Waals surface area contributed by atoms with E-state index in [0.717, 1.165) is 0 Å². The van der Waals surface area contributed by atoms with Gasteiger partial charge in [-0.3, -0.25) is 0 Å². The van der Waals surface area contributed by atoms with Crippen molar-refractivity contribution in [1.82, 2.24) is 0 Å². The minimum atomic E-state index is -1.78. The molecule has 0 amide bonds. The fourth-order valence-electron chi connectivity index (χ4n) is 0. The molecule has 0 unspecified atom stereocenters. The van der Waals surface area contributed by atoms with Gasteiger partial charge in [0.2, 0.25) is 0 Å². The van der Waals surface area contributed by atoms with E-state index in [2.05, 4.69) is 29.5 Å². The zero-order valence-corrected chi connectivity index (χ0v) is 9.43. The molecular formula is MoS3W. The Morgan fingerprint density at radius 2 is 1.00 bits per heavy atom. The molecule has 0 fully saturated rings. The molecule has 0 nitrogen and oxygen atoms in total. The number of hydrogen-bond donors (Lipinski definition) is 0. The summed E-state index contributed by atoms with van der Waals surface area (Å²) in [5.74, 6) is 0. The third-order valence-corrected chi connectivity index (χ3v) is 0. The Hall–Kier alpha value is 2.04. The van der Waals surface area contributed by atoms with Crippen LogP contribution in [0.15, 0.2) is 0 Å². The van der Waals surface area contributed by atoms with E-state index in [1.165, 1.54) is 0 Å². The molecule has 0 radical (unpaired) electrons. The van der Waals surface area contributed by atoms with E-state index >= 15 is 0 Å². The maximum atomic E-state index is 4.44. The summed E-state index contributed by atoms with van der Waals surface area (Å²) in [6.45, 7) is 0. The number of hydrogen-bond acceptors (Lipinski definition) is 3. The van der Waals surface area contributed by atoms with Gasteiger partial charge in [0, 0.05) is 21.1 Å². The van der Waals surface area contributed by atoms with E-state index in [1.807, 2.05) is 0 Å². The first-order valence-electron chi connectivity index (χ1n) is 0.500. The van der Waals surface area contributed by atoms with E-state index < -0.39 is 11.9 Å². The summed E-state index contributed by atoms with van der Waals surface area (Å²) in [5, 5.41) is 0. The van der Waals surface area contributed by atoms with Gasteiger partial charge in [-0.2, -0.15) is 0 Å². The van der Waals surface area contributed by atoms with Crippen molar-refractivity contribution >= 4 is 29.5 Å². The number of rotatable bonds is 0. The molecule has 0 aromatic carbocycles. The van der Waals surface area contributed by atoms with E-state index in [-0.39, 0.29) is 21.1 Å². The van der Waals surface area contributed by atoms with Crippen molar-refractivity contribution in [3.05, 3.63) is 0 Å². The molecule has 0 saturated carbocycles. The van der Waals surface area contributed by atoms with Crippen molar-refractivity contribution in [2.24, 2.45) is 0 Å². The Bertz CT molecular complexity index is 76.3. The molecule has 0 aromatic rings. The molecule has 5 heteroatoms. The second kappa shape index (κ2) is 6.04. The summed E-state index contributed by atoms with van der Waals surface area (Å²) in [7, 11) is 13.3. The van der Waals surface area contributed by atoms with Crippen LogP contribution in [0, 0.1) is 0 Å². The van der Waals surface area contributed by atoms with E-state index in [0.29, 0.717) is 0 Å². The predicted molar refractivity (Wildman–Crippen MR) is 22.8 cm³/mol. The zero-order valence-electron chi connectivity index (χ0n) is 2.04. The molecule has 0 spiro atoms. The first kappa shape index (κ1) is 10.1. The topological polar surface area (TPSA) is 0 Å². The van der Waals surface area contributed by atoms with Crippen molar-refractivity contribution in [2.75, 3.05) is 0 Å². The Morgan fingerprint density at radius 3 is 1.00 bits per heavy atom. The molecule has 0 aromatic heterocycles. The Kier molecular flexibility index (Phi) is 12.2. The van der Waals surface area contributed by atoms with Crippen LogP contribution in [0.4, 0.5) is 0 Å². The molecule has 0 aliphatic carbocycles. The standard InChI is InChI=1S/Mo.3S.W. The molecule has 0 aliphatic rings. The second-order valence-electron chi connectivity index (χ2n) is 0.204. The third-order valence-electron chi connectivity index (χ3n) is 0. The van der Waals surface area contributed by atoms with Crippen LogP contribution < -0.4 is 0 Å². The van der Waals surface area contributed by atoms with Gasteiger partial charge in [-0.15, -0.1) is 0 Å². The molecule has 0 heterocycles. The van der Waals surface area contributed by atoms with Crippen LogP contribution in [0.3, 0.4) is 0 Å². The van der Waals surface area contributed by atoms with Gasteiger partial charge in [-0.25, -0.2) is 0 Å². The molecule has 0 N–H and O–H groups in total. The van der Waals surface area contributed by atoms with Crippen LogP contribution in [0.25, 0.3) is 0 Å². The van der Waals surface area contributed by atoms with Crippen LogP contribution in [0.1, 0.15) is 0 Å². The molecule has 0 bridgehead atoms. The summed E-state index contributed by atoms with van der Waals surface area (Å²) in [6.07, 6.45) is 0. The average Bonchev–Trinajstić information content (AvgIpc) is 0.811. The second-order valence-corrected chi connectivity index (χ2v) is 15.0.